The molecule has 2 unspecified atom stereocenters. The van der Waals surface area contributed by atoms with Gasteiger partial charge in [0, 0.05) is 5.92 Å². The minimum absolute atomic E-state index is 0.0663. The molecule has 0 saturated heterocycles. The maximum absolute atomic E-state index is 12.7. The number of sulfone groups is 1. The van der Waals surface area contributed by atoms with E-state index >= 15 is 0 Å². The quantitative estimate of drug-likeness (QED) is 0.929. The average Bonchev–Trinajstić information content (AvgIpc) is 3.05. The highest BCUT2D eigenvalue weighted by atomic mass is 32.2. The minimum Gasteiger partial charge on any atom is -0.325 e. The van der Waals surface area contributed by atoms with Gasteiger partial charge in [0.1, 0.15) is 0 Å². The monoisotopic (exact) mass is 315 g/mol. The Labute approximate surface area is 121 Å². The van der Waals surface area contributed by atoms with Crippen molar-refractivity contribution in [2.45, 2.75) is 29.9 Å². The van der Waals surface area contributed by atoms with Crippen LogP contribution in [0.2, 0.25) is 0 Å². The summed E-state index contributed by atoms with van der Waals surface area (Å²) in [5, 5.41) is 2.50. The average molecular weight is 315 g/mol. The fourth-order valence-corrected chi connectivity index (χ4v) is 3.96. The van der Waals surface area contributed by atoms with Gasteiger partial charge >= 0.3 is 5.76 Å². The van der Waals surface area contributed by atoms with Gasteiger partial charge in [0.05, 0.1) is 10.6 Å². The number of alkyl halides is 2. The summed E-state index contributed by atoms with van der Waals surface area (Å²) in [5.74, 6) is -2.70. The summed E-state index contributed by atoms with van der Waals surface area (Å²) in [4.78, 5) is 11.6. The van der Waals surface area contributed by atoms with Crippen molar-refractivity contribution in [3.63, 3.8) is 0 Å². The van der Waals surface area contributed by atoms with Crippen LogP contribution < -0.4 is 5.32 Å². The van der Waals surface area contributed by atoms with Gasteiger partial charge < -0.3 is 5.32 Å². The highest BCUT2D eigenvalue weighted by Crippen LogP contribution is 2.54. The van der Waals surface area contributed by atoms with Gasteiger partial charge in [-0.15, -0.1) is 0 Å². The Hall–Kier alpha value is -1.50. The first-order chi connectivity index (χ1) is 9.89. The molecule has 2 aliphatic carbocycles. The third-order valence-electron chi connectivity index (χ3n) is 4.30. The fraction of sp³-hybridized carbons (Fsp3) is 0.500. The summed E-state index contributed by atoms with van der Waals surface area (Å²) in [6, 6.07) is 5.29. The second-order valence-electron chi connectivity index (χ2n) is 5.72. The van der Waals surface area contributed by atoms with Crippen molar-refractivity contribution >= 4 is 21.4 Å². The molecule has 114 valence electrons. The number of amides is 1. The molecule has 1 amide bonds. The van der Waals surface area contributed by atoms with Crippen LogP contribution in [0.1, 0.15) is 19.3 Å². The number of rotatable bonds is 4. The molecule has 1 aromatic carbocycles. The Bertz CT molecular complexity index is 665. The van der Waals surface area contributed by atoms with E-state index in [4.69, 9.17) is 0 Å². The zero-order chi connectivity index (χ0) is 15.2. The Morgan fingerprint density at radius 1 is 1.14 bits per heavy atom. The zero-order valence-corrected chi connectivity index (χ0v) is 11.9. The van der Waals surface area contributed by atoms with E-state index in [1.165, 1.54) is 24.6 Å². The van der Waals surface area contributed by atoms with E-state index in [2.05, 4.69) is 5.32 Å². The van der Waals surface area contributed by atoms with Crippen molar-refractivity contribution in [2.24, 2.45) is 17.8 Å². The van der Waals surface area contributed by atoms with Crippen molar-refractivity contribution < 1.29 is 22.0 Å². The van der Waals surface area contributed by atoms with Gasteiger partial charge in [0.2, 0.25) is 15.7 Å². The lowest BCUT2D eigenvalue weighted by Gasteiger charge is -2.15. The van der Waals surface area contributed by atoms with E-state index in [1.54, 1.807) is 0 Å². The molecule has 0 aromatic heterocycles. The first-order valence-electron chi connectivity index (χ1n) is 6.81. The van der Waals surface area contributed by atoms with Crippen LogP contribution in [0.15, 0.2) is 29.2 Å². The maximum atomic E-state index is 12.7. The molecule has 0 spiro atoms. The van der Waals surface area contributed by atoms with Crippen LogP contribution >= 0.6 is 0 Å². The zero-order valence-electron chi connectivity index (χ0n) is 11.1. The SMILES string of the molecule is O=C(Nc1ccccc1S(=O)(=O)C(F)F)C1CC2CC2C1. The summed E-state index contributed by atoms with van der Waals surface area (Å²) >= 11 is 0. The van der Waals surface area contributed by atoms with Crippen molar-refractivity contribution in [3.05, 3.63) is 24.3 Å². The lowest BCUT2D eigenvalue weighted by Crippen LogP contribution is -2.23. The normalized spacial score (nSPS) is 27.5. The van der Waals surface area contributed by atoms with Crippen molar-refractivity contribution in [1.82, 2.24) is 0 Å². The van der Waals surface area contributed by atoms with Crippen molar-refractivity contribution in [2.75, 3.05) is 5.32 Å². The Morgan fingerprint density at radius 2 is 1.76 bits per heavy atom. The van der Waals surface area contributed by atoms with Crippen LogP contribution in [0.5, 0.6) is 0 Å². The van der Waals surface area contributed by atoms with E-state index in [1.807, 2.05) is 0 Å². The number of anilines is 1. The van der Waals surface area contributed by atoms with Crippen LogP contribution in [0.4, 0.5) is 14.5 Å². The number of hydrogen-bond donors (Lipinski definition) is 1. The summed E-state index contributed by atoms with van der Waals surface area (Å²) in [6.45, 7) is 0. The number of halogens is 2. The van der Waals surface area contributed by atoms with E-state index in [-0.39, 0.29) is 17.5 Å². The topological polar surface area (TPSA) is 63.2 Å². The molecule has 4 nitrogen and oxygen atoms in total. The molecule has 0 heterocycles. The number of carbonyl (C=O) groups is 1. The van der Waals surface area contributed by atoms with Crippen LogP contribution in [0.25, 0.3) is 0 Å². The molecule has 1 N–H and O–H groups in total. The van der Waals surface area contributed by atoms with Crippen LogP contribution in [0, 0.1) is 17.8 Å². The van der Waals surface area contributed by atoms with E-state index < -0.39 is 20.5 Å². The second-order valence-corrected chi connectivity index (χ2v) is 7.60. The second kappa shape index (κ2) is 5.05. The first-order valence-corrected chi connectivity index (χ1v) is 8.36. The lowest BCUT2D eigenvalue weighted by molar-refractivity contribution is -0.120. The summed E-state index contributed by atoms with van der Waals surface area (Å²) in [6.07, 6.45) is 2.78. The third-order valence-corrected chi connectivity index (χ3v) is 5.74. The lowest BCUT2D eigenvalue weighted by atomic mass is 10.0. The molecule has 21 heavy (non-hydrogen) atoms. The molecular formula is C14H15F2NO3S. The van der Waals surface area contributed by atoms with Crippen LogP contribution in [-0.2, 0) is 14.6 Å². The number of hydrogen-bond acceptors (Lipinski definition) is 3. The number of carbonyl (C=O) groups excluding carboxylic acids is 1. The molecule has 2 saturated carbocycles. The van der Waals surface area contributed by atoms with E-state index in [0.717, 1.165) is 18.9 Å². The van der Waals surface area contributed by atoms with Crippen molar-refractivity contribution in [3.8, 4) is 0 Å². The molecule has 2 atom stereocenters. The maximum Gasteiger partial charge on any atom is 0.341 e. The number of nitrogens with one attached hydrogen (secondary N) is 1. The highest BCUT2D eigenvalue weighted by molar-refractivity contribution is 7.91. The summed E-state index contributed by atoms with van der Waals surface area (Å²) in [5.41, 5.74) is -0.0663. The Kier molecular flexibility index (Phi) is 3.47. The van der Waals surface area contributed by atoms with Crippen molar-refractivity contribution in [1.29, 1.82) is 0 Å². The molecule has 0 radical (unpaired) electrons. The molecule has 1 aromatic rings. The first kappa shape index (κ1) is 14.4. The number of para-hydroxylation sites is 1. The van der Waals surface area contributed by atoms with Crippen LogP contribution in [-0.4, -0.2) is 20.1 Å². The summed E-state index contributed by atoms with van der Waals surface area (Å²) in [7, 11) is -4.73. The van der Waals surface area contributed by atoms with Gasteiger partial charge in [-0.1, -0.05) is 12.1 Å². The highest BCUT2D eigenvalue weighted by Gasteiger charge is 2.48. The predicted octanol–water partition coefficient (Wildman–Crippen LogP) is 2.67. The minimum atomic E-state index is -4.73. The molecular weight excluding hydrogens is 300 g/mol. The van der Waals surface area contributed by atoms with Gasteiger partial charge in [-0.2, -0.15) is 8.78 Å². The smallest absolute Gasteiger partial charge is 0.325 e. The molecule has 0 aliphatic heterocycles. The van der Waals surface area contributed by atoms with E-state index in [9.17, 15) is 22.0 Å². The van der Waals surface area contributed by atoms with Gasteiger partial charge in [0.15, 0.2) is 0 Å². The third kappa shape index (κ3) is 2.66. The van der Waals surface area contributed by atoms with Crippen LogP contribution in [0.3, 0.4) is 0 Å². The predicted molar refractivity (Wildman–Crippen MR) is 72.6 cm³/mol. The number of fused-ring (bicyclic) bond motifs is 1. The standard InChI is InChI=1S/C14H15F2NO3S/c15-14(16)21(19,20)12-4-2-1-3-11(12)17-13(18)10-6-8-5-9(8)7-10/h1-4,8-10,14H,5-7H2,(H,17,18). The fourth-order valence-electron chi connectivity index (χ4n) is 3.08. The van der Waals surface area contributed by atoms with Gasteiger partial charge in [-0.3, -0.25) is 4.79 Å². The molecule has 2 aliphatic rings. The molecule has 3 rings (SSSR count). The van der Waals surface area contributed by atoms with Gasteiger partial charge in [0.25, 0.3) is 0 Å². The molecule has 0 bridgehead atoms. The van der Waals surface area contributed by atoms with Gasteiger partial charge in [-0.25, -0.2) is 8.42 Å². The van der Waals surface area contributed by atoms with E-state index in [0.29, 0.717) is 11.8 Å². The van der Waals surface area contributed by atoms with Gasteiger partial charge in [-0.05, 0) is 43.2 Å². The summed E-state index contributed by atoms with van der Waals surface area (Å²) < 4.78 is 48.6. The largest absolute Gasteiger partial charge is 0.341 e. The Balaban J connectivity index is 1.81. The number of benzene rings is 1. The Morgan fingerprint density at radius 3 is 2.38 bits per heavy atom. The molecule has 7 heteroatoms. The molecule has 2 fully saturated rings.